The van der Waals surface area contributed by atoms with Gasteiger partial charge in [-0.15, -0.1) is 0 Å². The molecular weight excluding hydrogens is 570 g/mol. The van der Waals surface area contributed by atoms with Crippen molar-refractivity contribution in [2.75, 3.05) is 42.7 Å². The maximum Gasteiger partial charge on any atom is 0.243 e. The van der Waals surface area contributed by atoms with Crippen LogP contribution in [0, 0.1) is 0 Å². The lowest BCUT2D eigenvalue weighted by atomic mass is 9.92. The lowest BCUT2D eigenvalue weighted by Gasteiger charge is -2.26. The predicted molar refractivity (Wildman–Crippen MR) is 164 cm³/mol. The molecule has 0 unspecified atom stereocenters. The Morgan fingerprint density at radius 2 is 1.79 bits per heavy atom. The summed E-state index contributed by atoms with van der Waals surface area (Å²) in [5.41, 5.74) is 10.0. The molecular formula is C29H33N9O4S. The molecule has 4 heterocycles. The number of hydrogen-bond acceptors (Lipinski definition) is 11. The highest BCUT2D eigenvalue weighted by Gasteiger charge is 2.27. The predicted octanol–water partition coefficient (Wildman–Crippen LogP) is 4.41. The molecule has 6 rings (SSSR count). The minimum Gasteiger partial charge on any atom is -0.379 e. The van der Waals surface area contributed by atoms with Gasteiger partial charge < -0.3 is 30.2 Å². The fraction of sp³-hybridized carbons (Fsp3) is 0.310. The minimum atomic E-state index is -3.65. The van der Waals surface area contributed by atoms with Crippen LogP contribution in [0.1, 0.15) is 26.5 Å². The van der Waals surface area contributed by atoms with Crippen molar-refractivity contribution >= 4 is 50.1 Å². The summed E-state index contributed by atoms with van der Waals surface area (Å²) < 4.78 is 40.5. The smallest absolute Gasteiger partial charge is 0.243 e. The molecule has 14 heteroatoms. The number of imidazole rings is 1. The van der Waals surface area contributed by atoms with E-state index >= 15 is 0 Å². The molecule has 5 aromatic rings. The minimum absolute atomic E-state index is 0.184. The Morgan fingerprint density at radius 3 is 2.53 bits per heavy atom. The SMILES string of the molecule is Cn1c(N)nc2c(-c3cc(C(C)(C)C)on3)c(Nc3ccnc(Nc4cccc(S(=O)(=O)N5CCOCC5)c4)n3)ccc21. The number of fused-ring (bicyclic) bond motifs is 1. The lowest BCUT2D eigenvalue weighted by molar-refractivity contribution is 0.0730. The molecule has 0 amide bonds. The maximum atomic E-state index is 13.1. The monoisotopic (exact) mass is 603 g/mol. The third-order valence-corrected chi connectivity index (χ3v) is 9.10. The number of nitrogen functional groups attached to an aromatic ring is 1. The van der Waals surface area contributed by atoms with Crippen LogP contribution in [0.4, 0.5) is 29.1 Å². The summed E-state index contributed by atoms with van der Waals surface area (Å²) in [5, 5.41) is 10.9. The van der Waals surface area contributed by atoms with Crippen LogP contribution >= 0.6 is 0 Å². The van der Waals surface area contributed by atoms with E-state index in [9.17, 15) is 8.42 Å². The van der Waals surface area contributed by atoms with Crippen LogP contribution in [-0.2, 0) is 27.2 Å². The topological polar surface area (TPSA) is 166 Å². The van der Waals surface area contributed by atoms with Gasteiger partial charge in [0.25, 0.3) is 0 Å². The summed E-state index contributed by atoms with van der Waals surface area (Å²) in [6.45, 7) is 7.56. The molecule has 0 bridgehead atoms. The molecule has 43 heavy (non-hydrogen) atoms. The first-order chi connectivity index (χ1) is 20.5. The lowest BCUT2D eigenvalue weighted by Crippen LogP contribution is -2.40. The molecule has 13 nitrogen and oxygen atoms in total. The summed E-state index contributed by atoms with van der Waals surface area (Å²) in [6, 6.07) is 14.1. The molecule has 0 saturated carbocycles. The highest BCUT2D eigenvalue weighted by molar-refractivity contribution is 7.89. The van der Waals surface area contributed by atoms with Crippen molar-refractivity contribution in [1.82, 2.24) is 29.0 Å². The van der Waals surface area contributed by atoms with Crippen molar-refractivity contribution in [1.29, 1.82) is 0 Å². The molecule has 1 fully saturated rings. The average molecular weight is 604 g/mol. The number of benzene rings is 2. The van der Waals surface area contributed by atoms with Crippen LogP contribution < -0.4 is 16.4 Å². The summed E-state index contributed by atoms with van der Waals surface area (Å²) in [6.07, 6.45) is 1.61. The van der Waals surface area contributed by atoms with Crippen molar-refractivity contribution in [2.45, 2.75) is 31.1 Å². The number of aromatic nitrogens is 5. The second kappa shape index (κ2) is 10.9. The van der Waals surface area contributed by atoms with E-state index in [1.54, 1.807) is 36.5 Å². The van der Waals surface area contributed by atoms with Crippen molar-refractivity contribution in [3.05, 3.63) is 60.5 Å². The van der Waals surface area contributed by atoms with Crippen LogP contribution in [0.3, 0.4) is 0 Å². The molecule has 1 aliphatic rings. The number of rotatable bonds is 7. The summed E-state index contributed by atoms with van der Waals surface area (Å²) in [5.74, 6) is 1.89. The zero-order valence-corrected chi connectivity index (χ0v) is 25.1. The van der Waals surface area contributed by atoms with Gasteiger partial charge in [-0.25, -0.2) is 18.4 Å². The van der Waals surface area contributed by atoms with Gasteiger partial charge in [0.2, 0.25) is 21.9 Å². The molecule has 2 aromatic carbocycles. The average Bonchev–Trinajstić information content (AvgIpc) is 3.59. The van der Waals surface area contributed by atoms with Crippen molar-refractivity contribution in [3.8, 4) is 11.3 Å². The second-order valence-electron chi connectivity index (χ2n) is 11.3. The molecule has 1 saturated heterocycles. The Morgan fingerprint density at radius 1 is 1.00 bits per heavy atom. The Labute approximate surface area is 249 Å². The fourth-order valence-electron chi connectivity index (χ4n) is 4.81. The molecule has 0 aliphatic carbocycles. The number of morpholine rings is 1. The largest absolute Gasteiger partial charge is 0.379 e. The van der Waals surface area contributed by atoms with E-state index < -0.39 is 10.0 Å². The number of hydrogen-bond donors (Lipinski definition) is 3. The highest BCUT2D eigenvalue weighted by atomic mass is 32.2. The Bertz CT molecular complexity index is 1900. The van der Waals surface area contributed by atoms with Gasteiger partial charge in [0.15, 0.2) is 0 Å². The van der Waals surface area contributed by atoms with E-state index in [-0.39, 0.29) is 16.3 Å². The van der Waals surface area contributed by atoms with Crippen LogP contribution in [0.5, 0.6) is 0 Å². The van der Waals surface area contributed by atoms with E-state index in [1.165, 1.54) is 4.31 Å². The van der Waals surface area contributed by atoms with Crippen LogP contribution in [0.2, 0.25) is 0 Å². The van der Waals surface area contributed by atoms with Gasteiger partial charge in [-0.3, -0.25) is 0 Å². The molecule has 1 aliphatic heterocycles. The van der Waals surface area contributed by atoms with Gasteiger partial charge in [-0.2, -0.15) is 9.29 Å². The quantitative estimate of drug-likeness (QED) is 0.241. The molecule has 224 valence electrons. The van der Waals surface area contributed by atoms with Gasteiger partial charge in [-0.1, -0.05) is 32.0 Å². The summed E-state index contributed by atoms with van der Waals surface area (Å²) in [4.78, 5) is 13.8. The number of nitrogens with zero attached hydrogens (tertiary/aromatic N) is 6. The molecule has 0 atom stereocenters. The van der Waals surface area contributed by atoms with Crippen LogP contribution in [-0.4, -0.2) is 63.7 Å². The van der Waals surface area contributed by atoms with Gasteiger partial charge in [0.05, 0.1) is 34.9 Å². The van der Waals surface area contributed by atoms with Crippen molar-refractivity contribution < 1.29 is 17.7 Å². The fourth-order valence-corrected chi connectivity index (χ4v) is 6.27. The summed E-state index contributed by atoms with van der Waals surface area (Å²) in [7, 11) is -1.80. The van der Waals surface area contributed by atoms with Gasteiger partial charge >= 0.3 is 0 Å². The van der Waals surface area contributed by atoms with E-state index in [0.717, 1.165) is 16.8 Å². The Hall–Kier alpha value is -4.53. The summed E-state index contributed by atoms with van der Waals surface area (Å²) >= 11 is 0. The highest BCUT2D eigenvalue weighted by Crippen LogP contribution is 2.38. The van der Waals surface area contributed by atoms with Crippen molar-refractivity contribution in [3.63, 3.8) is 0 Å². The number of nitrogens with two attached hydrogens (primary N) is 1. The van der Waals surface area contributed by atoms with E-state index in [4.69, 9.17) is 15.0 Å². The number of anilines is 5. The molecule has 4 N–H and O–H groups in total. The van der Waals surface area contributed by atoms with Gasteiger partial charge in [0, 0.05) is 43.5 Å². The maximum absolute atomic E-state index is 13.1. The number of aryl methyl sites for hydroxylation is 1. The number of sulfonamides is 1. The Balaban J connectivity index is 1.31. The molecule has 3 aromatic heterocycles. The van der Waals surface area contributed by atoms with E-state index in [0.29, 0.717) is 60.7 Å². The van der Waals surface area contributed by atoms with Gasteiger partial charge in [0.1, 0.15) is 22.8 Å². The van der Waals surface area contributed by atoms with Crippen LogP contribution in [0.25, 0.3) is 22.3 Å². The third-order valence-electron chi connectivity index (χ3n) is 7.21. The van der Waals surface area contributed by atoms with E-state index in [1.807, 2.05) is 29.8 Å². The van der Waals surface area contributed by atoms with E-state index in [2.05, 4.69) is 51.5 Å². The molecule has 0 spiro atoms. The number of nitrogens with one attached hydrogen (secondary N) is 2. The first-order valence-electron chi connectivity index (χ1n) is 13.8. The van der Waals surface area contributed by atoms with Gasteiger partial charge in [-0.05, 0) is 36.4 Å². The first kappa shape index (κ1) is 28.6. The zero-order chi connectivity index (χ0) is 30.4. The van der Waals surface area contributed by atoms with Crippen molar-refractivity contribution in [2.24, 2.45) is 7.05 Å². The third kappa shape index (κ3) is 5.63. The Kier molecular flexibility index (Phi) is 7.28. The first-order valence-corrected chi connectivity index (χ1v) is 15.2. The second-order valence-corrected chi connectivity index (χ2v) is 13.2. The number of ether oxygens (including phenoxy) is 1. The van der Waals surface area contributed by atoms with Crippen LogP contribution in [0.15, 0.2) is 64.1 Å². The standard InChI is InChI=1S/C29H33N9O4S/c1-29(2,3)23-17-21(36-42-23)25-20(8-9-22-26(25)35-27(30)37(22)4)33-24-10-11-31-28(34-24)32-18-6-5-7-19(16-18)43(39,40)38-12-14-41-15-13-38/h5-11,16-17H,12-15H2,1-4H3,(H2,30,35)(H2,31,32,33,34). The normalized spacial score (nSPS) is 14.7. The zero-order valence-electron chi connectivity index (χ0n) is 24.3. The molecule has 0 radical (unpaired) electrons.